The van der Waals surface area contributed by atoms with Crippen molar-refractivity contribution in [3.63, 3.8) is 0 Å². The van der Waals surface area contributed by atoms with Gasteiger partial charge in [-0.25, -0.2) is 8.42 Å². The third-order valence-electron chi connectivity index (χ3n) is 7.43. The number of amides is 2. The van der Waals surface area contributed by atoms with Crippen LogP contribution < -0.4 is 9.62 Å². The van der Waals surface area contributed by atoms with E-state index in [-0.39, 0.29) is 34.5 Å². The molecule has 0 aromatic heterocycles. The van der Waals surface area contributed by atoms with Gasteiger partial charge in [-0.1, -0.05) is 110 Å². The van der Waals surface area contributed by atoms with Crippen molar-refractivity contribution in [3.8, 4) is 0 Å². The molecule has 0 aliphatic heterocycles. The van der Waals surface area contributed by atoms with E-state index in [2.05, 4.69) is 5.32 Å². The molecule has 9 heteroatoms. The van der Waals surface area contributed by atoms with Crippen LogP contribution in [0.5, 0.6) is 0 Å². The van der Waals surface area contributed by atoms with E-state index < -0.39 is 28.5 Å². The summed E-state index contributed by atoms with van der Waals surface area (Å²) in [6.07, 6.45) is 1.96. The molecule has 0 aliphatic carbocycles. The Bertz CT molecular complexity index is 1650. The molecule has 4 aromatic carbocycles. The number of aryl methyl sites for hydroxylation is 1. The van der Waals surface area contributed by atoms with Crippen LogP contribution in [-0.2, 0) is 32.6 Å². The van der Waals surface area contributed by atoms with Crippen molar-refractivity contribution in [2.24, 2.45) is 0 Å². The van der Waals surface area contributed by atoms with E-state index in [0.29, 0.717) is 6.54 Å². The van der Waals surface area contributed by atoms with Crippen molar-refractivity contribution in [2.75, 3.05) is 17.4 Å². The third-order valence-corrected chi connectivity index (χ3v) is 9.53. The van der Waals surface area contributed by atoms with Gasteiger partial charge >= 0.3 is 0 Å². The highest BCUT2D eigenvalue weighted by atomic mass is 35.5. The molecular weight excluding hydrogens is 594 g/mol. The zero-order valence-corrected chi connectivity index (χ0v) is 26.6. The van der Waals surface area contributed by atoms with Crippen molar-refractivity contribution in [1.82, 2.24) is 10.2 Å². The quantitative estimate of drug-likeness (QED) is 0.163. The Morgan fingerprint density at radius 3 is 2.11 bits per heavy atom. The summed E-state index contributed by atoms with van der Waals surface area (Å²) in [6, 6.07) is 30.7. The third kappa shape index (κ3) is 8.27. The van der Waals surface area contributed by atoms with Crippen LogP contribution >= 0.6 is 11.6 Å². The molecule has 0 radical (unpaired) electrons. The molecule has 1 atom stereocenters. The number of nitrogens with zero attached hydrogens (tertiary/aromatic N) is 2. The van der Waals surface area contributed by atoms with Gasteiger partial charge in [0.15, 0.2) is 0 Å². The molecule has 0 aliphatic rings. The van der Waals surface area contributed by atoms with Crippen molar-refractivity contribution in [2.45, 2.75) is 50.6 Å². The van der Waals surface area contributed by atoms with Crippen LogP contribution in [0.25, 0.3) is 0 Å². The molecule has 4 rings (SSSR count). The predicted octanol–water partition coefficient (Wildman–Crippen LogP) is 6.40. The van der Waals surface area contributed by atoms with E-state index in [0.717, 1.165) is 33.8 Å². The highest BCUT2D eigenvalue weighted by Gasteiger charge is 2.35. The number of unbranched alkanes of at least 4 members (excludes halogenated alkanes) is 1. The van der Waals surface area contributed by atoms with E-state index in [9.17, 15) is 18.0 Å². The number of para-hydroxylation sites is 1. The fraction of sp³-hybridized carbons (Fsp3) is 0.257. The average Bonchev–Trinajstić information content (AvgIpc) is 3.03. The van der Waals surface area contributed by atoms with Crippen LogP contribution in [0, 0.1) is 6.92 Å². The maximum absolute atomic E-state index is 14.5. The van der Waals surface area contributed by atoms with Gasteiger partial charge in [-0.15, -0.1) is 0 Å². The summed E-state index contributed by atoms with van der Waals surface area (Å²) in [5.41, 5.74) is 2.87. The van der Waals surface area contributed by atoms with E-state index in [1.807, 2.05) is 68.4 Å². The number of hydrogen-bond donors (Lipinski definition) is 1. The van der Waals surface area contributed by atoms with Crippen LogP contribution in [0.1, 0.15) is 36.5 Å². The van der Waals surface area contributed by atoms with Gasteiger partial charge in [0, 0.05) is 19.5 Å². The summed E-state index contributed by atoms with van der Waals surface area (Å²) in [4.78, 5) is 29.8. The largest absolute Gasteiger partial charge is 0.354 e. The van der Waals surface area contributed by atoms with E-state index >= 15 is 0 Å². The molecule has 1 N–H and O–H groups in total. The highest BCUT2D eigenvalue weighted by Crippen LogP contribution is 2.31. The number of carbonyl (C=O) groups excluding carboxylic acids is 2. The number of benzene rings is 4. The maximum Gasteiger partial charge on any atom is 0.264 e. The number of nitrogens with one attached hydrogen (secondary N) is 1. The first kappa shape index (κ1) is 32.8. The highest BCUT2D eigenvalue weighted by molar-refractivity contribution is 7.92. The second-order valence-corrected chi connectivity index (χ2v) is 12.8. The van der Waals surface area contributed by atoms with E-state index in [4.69, 9.17) is 11.6 Å². The van der Waals surface area contributed by atoms with Crippen LogP contribution in [0.2, 0.25) is 5.02 Å². The van der Waals surface area contributed by atoms with Crippen LogP contribution in [0.4, 0.5) is 5.69 Å². The zero-order valence-electron chi connectivity index (χ0n) is 25.0. The molecular formula is C35H38ClN3O4S. The first-order valence-electron chi connectivity index (χ1n) is 14.7. The number of carbonyl (C=O) groups is 2. The number of anilines is 1. The molecule has 2 amide bonds. The molecule has 0 fully saturated rings. The van der Waals surface area contributed by atoms with Crippen molar-refractivity contribution in [3.05, 3.63) is 131 Å². The lowest BCUT2D eigenvalue weighted by Gasteiger charge is -2.34. The van der Waals surface area contributed by atoms with Gasteiger partial charge in [-0.3, -0.25) is 13.9 Å². The normalized spacial score (nSPS) is 11.9. The second-order valence-electron chi connectivity index (χ2n) is 10.6. The molecule has 230 valence electrons. The lowest BCUT2D eigenvalue weighted by Crippen LogP contribution is -2.53. The molecule has 44 heavy (non-hydrogen) atoms. The fourth-order valence-electron chi connectivity index (χ4n) is 4.92. The summed E-state index contributed by atoms with van der Waals surface area (Å²) in [7, 11) is -4.21. The topological polar surface area (TPSA) is 86.8 Å². The van der Waals surface area contributed by atoms with Gasteiger partial charge in [-0.05, 0) is 54.3 Å². The van der Waals surface area contributed by atoms with Crippen molar-refractivity contribution in [1.29, 1.82) is 0 Å². The minimum absolute atomic E-state index is 0.0244. The van der Waals surface area contributed by atoms with Gasteiger partial charge in [0.1, 0.15) is 12.6 Å². The lowest BCUT2D eigenvalue weighted by molar-refractivity contribution is -0.140. The summed E-state index contributed by atoms with van der Waals surface area (Å²) in [5, 5.41) is 3.19. The number of sulfonamides is 1. The molecule has 0 bridgehead atoms. The molecule has 7 nitrogen and oxygen atoms in total. The standard InChI is InChI=1S/C35H38ClN3O4S/c1-3-4-23-37-35(41)33(24-28-16-7-5-8-17-28)38(25-29-18-12-11-15-27(29)2)34(40)26-39(32-22-14-13-21-31(32)36)44(42,43)30-19-9-6-10-20-30/h5-22,33H,3-4,23-26H2,1-2H3,(H,37,41)/t33-/m1/s1. The Morgan fingerprint density at radius 2 is 1.45 bits per heavy atom. The molecule has 4 aromatic rings. The minimum Gasteiger partial charge on any atom is -0.354 e. The lowest BCUT2D eigenvalue weighted by atomic mass is 10.0. The Balaban J connectivity index is 1.80. The SMILES string of the molecule is CCCCNC(=O)[C@@H](Cc1ccccc1)N(Cc1ccccc1C)C(=O)CN(c1ccccc1Cl)S(=O)(=O)c1ccccc1. The summed E-state index contributed by atoms with van der Waals surface area (Å²) in [6.45, 7) is 4.02. The Hall–Kier alpha value is -4.14. The van der Waals surface area contributed by atoms with Crippen LogP contribution in [-0.4, -0.2) is 44.3 Å². The molecule has 0 saturated carbocycles. The Morgan fingerprint density at radius 1 is 0.841 bits per heavy atom. The van der Waals surface area contributed by atoms with Gasteiger partial charge in [0.05, 0.1) is 15.6 Å². The summed E-state index contributed by atoms with van der Waals surface area (Å²) < 4.78 is 29.1. The van der Waals surface area contributed by atoms with Crippen molar-refractivity contribution < 1.29 is 18.0 Å². The minimum atomic E-state index is -4.21. The monoisotopic (exact) mass is 631 g/mol. The fourth-order valence-corrected chi connectivity index (χ4v) is 6.66. The molecule has 0 unspecified atom stereocenters. The van der Waals surface area contributed by atoms with Gasteiger partial charge in [0.2, 0.25) is 11.8 Å². The number of hydrogen-bond acceptors (Lipinski definition) is 4. The first-order chi connectivity index (χ1) is 21.2. The van der Waals surface area contributed by atoms with Crippen molar-refractivity contribution >= 4 is 39.1 Å². The van der Waals surface area contributed by atoms with E-state index in [1.54, 1.807) is 42.5 Å². The average molecular weight is 632 g/mol. The Kier molecular flexibility index (Phi) is 11.6. The molecule has 0 saturated heterocycles. The second kappa shape index (κ2) is 15.5. The first-order valence-corrected chi connectivity index (χ1v) is 16.5. The summed E-state index contributed by atoms with van der Waals surface area (Å²) >= 11 is 6.52. The summed E-state index contributed by atoms with van der Waals surface area (Å²) in [5.74, 6) is -0.821. The van der Waals surface area contributed by atoms with E-state index in [1.165, 1.54) is 17.0 Å². The number of halogens is 1. The maximum atomic E-state index is 14.5. The van der Waals surface area contributed by atoms with Crippen LogP contribution in [0.3, 0.4) is 0 Å². The van der Waals surface area contributed by atoms with Gasteiger partial charge in [0.25, 0.3) is 10.0 Å². The molecule has 0 heterocycles. The van der Waals surface area contributed by atoms with Crippen LogP contribution in [0.15, 0.2) is 114 Å². The zero-order chi connectivity index (χ0) is 31.5. The van der Waals surface area contributed by atoms with Gasteiger partial charge < -0.3 is 10.2 Å². The smallest absolute Gasteiger partial charge is 0.264 e. The Labute approximate surface area is 265 Å². The number of rotatable bonds is 14. The molecule has 0 spiro atoms. The predicted molar refractivity (Wildman–Crippen MR) is 176 cm³/mol. The van der Waals surface area contributed by atoms with Gasteiger partial charge in [-0.2, -0.15) is 0 Å².